The monoisotopic (exact) mass is 685 g/mol. The number of amides is 1. The van der Waals surface area contributed by atoms with Crippen LogP contribution in [-0.2, 0) is 17.9 Å². The van der Waals surface area contributed by atoms with E-state index in [0.717, 1.165) is 30.5 Å². The molecule has 0 spiro atoms. The van der Waals surface area contributed by atoms with Crippen molar-refractivity contribution in [2.45, 2.75) is 39.3 Å². The number of pyridine rings is 1. The number of carbonyl (C=O) groups is 1. The van der Waals surface area contributed by atoms with Crippen LogP contribution in [-0.4, -0.2) is 57.4 Å². The van der Waals surface area contributed by atoms with Gasteiger partial charge < -0.3 is 39.0 Å². The summed E-state index contributed by atoms with van der Waals surface area (Å²) in [7, 11) is 1.47. The first-order valence-corrected chi connectivity index (χ1v) is 16.3. The second-order valence-electron chi connectivity index (χ2n) is 11.3. The number of aromatic nitrogens is 3. The molecule has 0 fully saturated rings. The minimum absolute atomic E-state index is 0.0558. The van der Waals surface area contributed by atoms with Gasteiger partial charge in [0.1, 0.15) is 24.5 Å². The molecule has 3 heterocycles. The van der Waals surface area contributed by atoms with Crippen LogP contribution in [0, 0.1) is 6.92 Å². The molecular weight excluding hydrogens is 650 g/mol. The van der Waals surface area contributed by atoms with E-state index in [4.69, 9.17) is 35.3 Å². The smallest absolute Gasteiger partial charge is 0.410 e. The highest BCUT2D eigenvalue weighted by Gasteiger charge is 2.30. The average molecular weight is 686 g/mol. The number of rotatable bonds is 14. The first-order chi connectivity index (χ1) is 23.9. The van der Waals surface area contributed by atoms with Gasteiger partial charge in [0.25, 0.3) is 0 Å². The number of anilines is 2. The van der Waals surface area contributed by atoms with Crippen molar-refractivity contribution in [2.75, 3.05) is 31.6 Å². The Bertz CT molecular complexity index is 1910. The zero-order valence-corrected chi connectivity index (χ0v) is 27.9. The second-order valence-corrected chi connectivity index (χ2v) is 11.7. The maximum Gasteiger partial charge on any atom is 0.410 e. The highest BCUT2D eigenvalue weighted by molar-refractivity contribution is 6.17. The molecule has 5 aromatic rings. The molecule has 2 N–H and O–H groups in total. The largest absolute Gasteiger partial charge is 0.504 e. The number of carbonyl (C=O) groups excluding carboxylic acids is 1. The third-order valence-electron chi connectivity index (χ3n) is 7.87. The molecule has 1 amide bonds. The van der Waals surface area contributed by atoms with Crippen molar-refractivity contribution in [3.05, 3.63) is 90.0 Å². The van der Waals surface area contributed by atoms with Crippen LogP contribution in [0.2, 0.25) is 0 Å². The Hall–Kier alpha value is -5.49. The van der Waals surface area contributed by atoms with Gasteiger partial charge in [-0.1, -0.05) is 36.8 Å². The van der Waals surface area contributed by atoms with Crippen molar-refractivity contribution in [1.82, 2.24) is 19.9 Å². The summed E-state index contributed by atoms with van der Waals surface area (Å²) in [6, 6.07) is 18.1. The van der Waals surface area contributed by atoms with Crippen LogP contribution in [0.25, 0.3) is 10.9 Å². The van der Waals surface area contributed by atoms with Crippen LogP contribution < -0.4 is 24.3 Å². The van der Waals surface area contributed by atoms with Crippen LogP contribution in [0.4, 0.5) is 16.3 Å². The number of fused-ring (bicyclic) bond motifs is 2. The lowest BCUT2D eigenvalue weighted by atomic mass is 10.1. The molecule has 1 aliphatic rings. The maximum atomic E-state index is 13.7. The predicted octanol–water partition coefficient (Wildman–Crippen LogP) is 7.86. The first kappa shape index (κ1) is 33.4. The lowest BCUT2D eigenvalue weighted by Crippen LogP contribution is -2.32. The van der Waals surface area contributed by atoms with E-state index in [1.807, 2.05) is 49.4 Å². The van der Waals surface area contributed by atoms with Gasteiger partial charge in [-0.15, -0.1) is 11.6 Å². The SMILES string of the molecule is COc1cc2ncnc(Nc3c(CN(CCCCCCl)C(=O)OCc4ccccc4)cc(Oc4ccc(C)nc4)c4c3OCO4)c2cc1O. The third kappa shape index (κ3) is 7.98. The van der Waals surface area contributed by atoms with Crippen LogP contribution >= 0.6 is 11.6 Å². The Balaban J connectivity index is 1.40. The van der Waals surface area contributed by atoms with E-state index in [9.17, 15) is 9.90 Å². The lowest BCUT2D eigenvalue weighted by molar-refractivity contribution is 0.0930. The lowest BCUT2D eigenvalue weighted by Gasteiger charge is -2.25. The molecule has 0 unspecified atom stereocenters. The van der Waals surface area contributed by atoms with Crippen LogP contribution in [0.3, 0.4) is 0 Å². The number of alkyl halides is 1. The Labute approximate surface area is 288 Å². The Morgan fingerprint density at radius 2 is 1.84 bits per heavy atom. The Morgan fingerprint density at radius 1 is 1.00 bits per heavy atom. The number of benzene rings is 3. The maximum absolute atomic E-state index is 13.7. The summed E-state index contributed by atoms with van der Waals surface area (Å²) in [5, 5.41) is 14.5. The van der Waals surface area contributed by atoms with E-state index in [2.05, 4.69) is 20.3 Å². The highest BCUT2D eigenvalue weighted by atomic mass is 35.5. The fraction of sp³-hybridized carbons (Fsp3) is 0.278. The second kappa shape index (κ2) is 15.6. The van der Waals surface area contributed by atoms with E-state index >= 15 is 0 Å². The van der Waals surface area contributed by atoms with Crippen molar-refractivity contribution in [2.24, 2.45) is 0 Å². The Kier molecular flexibility index (Phi) is 10.6. The molecule has 2 aromatic heterocycles. The molecule has 12 nitrogen and oxygen atoms in total. The number of aryl methyl sites for hydroxylation is 1. The van der Waals surface area contributed by atoms with Gasteiger partial charge in [-0.2, -0.15) is 0 Å². The van der Waals surface area contributed by atoms with Crippen LogP contribution in [0.5, 0.6) is 34.5 Å². The molecule has 49 heavy (non-hydrogen) atoms. The number of phenolic OH excluding ortho intramolecular Hbond substituents is 1. The highest BCUT2D eigenvalue weighted by Crippen LogP contribution is 2.51. The molecule has 3 aromatic carbocycles. The molecular formula is C36H36ClN5O7. The number of phenols is 1. The molecule has 0 radical (unpaired) electrons. The molecule has 0 saturated carbocycles. The number of aromatic hydroxyl groups is 1. The molecule has 0 aliphatic carbocycles. The van der Waals surface area contributed by atoms with Crippen molar-refractivity contribution < 1.29 is 33.6 Å². The summed E-state index contributed by atoms with van der Waals surface area (Å²) in [6.07, 6.45) is 4.94. The standard InChI is InChI=1S/C36H36ClN5O7/c1-23-11-12-26(18-38-23)49-31-15-25(19-42(14-8-4-7-13-37)36(44)46-20-24-9-5-3-6-10-24)32(34-33(31)47-22-48-34)41-35-27-16-29(43)30(45-2)17-28(27)39-21-40-35/h3,5-6,9-12,15-18,21,43H,4,7-8,13-14,19-20,22H2,1-2H3,(H,39,40,41). The average Bonchev–Trinajstić information content (AvgIpc) is 3.62. The van der Waals surface area contributed by atoms with E-state index < -0.39 is 6.09 Å². The fourth-order valence-electron chi connectivity index (χ4n) is 5.35. The zero-order valence-electron chi connectivity index (χ0n) is 27.1. The van der Waals surface area contributed by atoms with E-state index in [0.29, 0.717) is 63.4 Å². The van der Waals surface area contributed by atoms with Crippen molar-refractivity contribution in [3.8, 4) is 34.5 Å². The molecule has 6 rings (SSSR count). The van der Waals surface area contributed by atoms with Gasteiger partial charge in [-0.05, 0) is 49.6 Å². The van der Waals surface area contributed by atoms with Gasteiger partial charge in [0, 0.05) is 35.1 Å². The minimum Gasteiger partial charge on any atom is -0.504 e. The number of hydrogen-bond donors (Lipinski definition) is 2. The van der Waals surface area contributed by atoms with Gasteiger partial charge in [-0.25, -0.2) is 14.8 Å². The van der Waals surface area contributed by atoms with E-state index in [1.54, 1.807) is 23.2 Å². The van der Waals surface area contributed by atoms with Gasteiger partial charge in [0.05, 0.1) is 31.1 Å². The number of halogens is 1. The van der Waals surface area contributed by atoms with Crippen molar-refractivity contribution in [3.63, 3.8) is 0 Å². The first-order valence-electron chi connectivity index (χ1n) is 15.8. The quantitative estimate of drug-likeness (QED) is 0.0873. The molecule has 254 valence electrons. The van der Waals surface area contributed by atoms with Crippen LogP contribution in [0.1, 0.15) is 36.1 Å². The summed E-state index contributed by atoms with van der Waals surface area (Å²) < 4.78 is 29.3. The number of hydrogen-bond acceptors (Lipinski definition) is 11. The summed E-state index contributed by atoms with van der Waals surface area (Å²) >= 11 is 5.95. The number of ether oxygens (including phenoxy) is 5. The minimum atomic E-state index is -0.479. The number of methoxy groups -OCH3 is 1. The molecule has 0 atom stereocenters. The van der Waals surface area contributed by atoms with Crippen molar-refractivity contribution >= 4 is 40.1 Å². The van der Waals surface area contributed by atoms with Crippen LogP contribution in [0.15, 0.2) is 73.2 Å². The normalized spacial score (nSPS) is 11.7. The third-order valence-corrected chi connectivity index (χ3v) is 8.13. The summed E-state index contributed by atoms with van der Waals surface area (Å²) in [6.45, 7) is 2.50. The number of nitrogens with one attached hydrogen (secondary N) is 1. The Morgan fingerprint density at radius 3 is 2.61 bits per heavy atom. The summed E-state index contributed by atoms with van der Waals surface area (Å²) in [4.78, 5) is 28.5. The fourth-order valence-corrected chi connectivity index (χ4v) is 5.54. The zero-order chi connectivity index (χ0) is 34.2. The summed E-state index contributed by atoms with van der Waals surface area (Å²) in [5.41, 5.74) is 3.40. The summed E-state index contributed by atoms with van der Waals surface area (Å²) in [5.74, 6) is 2.76. The van der Waals surface area contributed by atoms with Gasteiger partial charge in [-0.3, -0.25) is 4.98 Å². The molecule has 0 bridgehead atoms. The number of nitrogens with zero attached hydrogens (tertiary/aromatic N) is 4. The van der Waals surface area contributed by atoms with Gasteiger partial charge >= 0.3 is 6.09 Å². The molecule has 0 saturated heterocycles. The van der Waals surface area contributed by atoms with Crippen molar-refractivity contribution in [1.29, 1.82) is 0 Å². The van der Waals surface area contributed by atoms with E-state index in [1.165, 1.54) is 19.5 Å². The number of unbranched alkanes of at least 4 members (excludes halogenated alkanes) is 2. The van der Waals surface area contributed by atoms with Gasteiger partial charge in [0.15, 0.2) is 23.0 Å². The van der Waals surface area contributed by atoms with E-state index in [-0.39, 0.29) is 31.4 Å². The predicted molar refractivity (Wildman–Crippen MR) is 184 cm³/mol. The van der Waals surface area contributed by atoms with Gasteiger partial charge in [0.2, 0.25) is 12.5 Å². The topological polar surface area (TPSA) is 137 Å². The molecule has 13 heteroatoms. The molecule has 1 aliphatic heterocycles.